The Balaban J connectivity index is 1.66. The van der Waals surface area contributed by atoms with E-state index >= 15 is 0 Å². The molecule has 2 aliphatic rings. The Labute approximate surface area is 197 Å². The largest absolute Gasteiger partial charge is 0.480 e. The zero-order valence-electron chi connectivity index (χ0n) is 18.7. The van der Waals surface area contributed by atoms with Crippen molar-refractivity contribution in [2.75, 3.05) is 19.3 Å². The summed E-state index contributed by atoms with van der Waals surface area (Å²) in [4.78, 5) is 18.4. The highest BCUT2D eigenvalue weighted by molar-refractivity contribution is 8.23. The van der Waals surface area contributed by atoms with Crippen molar-refractivity contribution in [3.05, 3.63) is 41.6 Å². The second-order valence-corrected chi connectivity index (χ2v) is 11.4. The van der Waals surface area contributed by atoms with Crippen molar-refractivity contribution in [2.45, 2.75) is 49.0 Å². The molecule has 1 aromatic heterocycles. The Morgan fingerprint density at radius 1 is 1.23 bits per heavy atom. The first-order chi connectivity index (χ1) is 15.9. The number of alkyl halides is 6. The molecule has 7 nitrogen and oxygen atoms in total. The lowest BCUT2D eigenvalue weighted by atomic mass is 9.98. The normalized spacial score (nSPS) is 25.9. The van der Waals surface area contributed by atoms with Crippen molar-refractivity contribution >= 4 is 16.5 Å². The van der Waals surface area contributed by atoms with Gasteiger partial charge in [0.05, 0.1) is 22.1 Å². The number of likely N-dealkylation sites (tertiary alicyclic amines) is 1. The van der Waals surface area contributed by atoms with Crippen LogP contribution in [0.5, 0.6) is 5.75 Å². The number of rotatable bonds is 5. The molecule has 1 aliphatic heterocycles. The average Bonchev–Trinajstić information content (AvgIpc) is 3.07. The standard InChI is InChI=1S/C21H22F6N2O5S/c1-11(20(22,23)24)33-14-5-4-12(35(3,31)32)6-13(14)16(30)29-9-18(2)8-19(18,10-29)17-28-7-15(34-17)21(25,26)27/h4-7,11,31-32H,8-10H2,1-3H3/t11?,18-,19?/m0/s1. The fourth-order valence-electron chi connectivity index (χ4n) is 4.50. The molecule has 194 valence electrons. The summed E-state index contributed by atoms with van der Waals surface area (Å²) < 4.78 is 108. The van der Waals surface area contributed by atoms with E-state index in [-0.39, 0.29) is 29.4 Å². The van der Waals surface area contributed by atoms with Crippen LogP contribution in [0.15, 0.2) is 33.7 Å². The first kappa shape index (κ1) is 25.6. The molecule has 0 bridgehead atoms. The maximum Gasteiger partial charge on any atom is 0.451 e. The quantitative estimate of drug-likeness (QED) is 0.493. The summed E-state index contributed by atoms with van der Waals surface area (Å²) in [7, 11) is -3.32. The molecule has 3 atom stereocenters. The minimum Gasteiger partial charge on any atom is -0.480 e. The molecule has 0 spiro atoms. The van der Waals surface area contributed by atoms with Crippen molar-refractivity contribution in [3.63, 3.8) is 0 Å². The summed E-state index contributed by atoms with van der Waals surface area (Å²) >= 11 is 0. The monoisotopic (exact) mass is 528 g/mol. The molecule has 2 aromatic rings. The Bertz CT molecular complexity index is 1160. The van der Waals surface area contributed by atoms with Crippen LogP contribution in [0, 0.1) is 5.41 Å². The zero-order chi connectivity index (χ0) is 26.2. The maximum atomic E-state index is 13.4. The van der Waals surface area contributed by atoms with Gasteiger partial charge in [0.2, 0.25) is 11.7 Å². The molecule has 2 unspecified atom stereocenters. The van der Waals surface area contributed by atoms with E-state index in [4.69, 9.17) is 9.15 Å². The number of aromatic nitrogens is 1. The molecule has 35 heavy (non-hydrogen) atoms. The minimum absolute atomic E-state index is 0.0798. The van der Waals surface area contributed by atoms with Gasteiger partial charge in [0.15, 0.2) is 6.10 Å². The highest BCUT2D eigenvalue weighted by Gasteiger charge is 2.73. The Morgan fingerprint density at radius 3 is 2.43 bits per heavy atom. The third-order valence-electron chi connectivity index (χ3n) is 6.60. The van der Waals surface area contributed by atoms with Crippen LogP contribution < -0.4 is 4.74 Å². The van der Waals surface area contributed by atoms with Gasteiger partial charge in [0, 0.05) is 24.8 Å². The van der Waals surface area contributed by atoms with Gasteiger partial charge >= 0.3 is 12.4 Å². The van der Waals surface area contributed by atoms with Gasteiger partial charge in [-0.25, -0.2) is 4.98 Å². The number of piperidine rings is 1. The number of halogens is 6. The zero-order valence-corrected chi connectivity index (χ0v) is 19.5. The van der Waals surface area contributed by atoms with E-state index in [1.807, 2.05) is 0 Å². The van der Waals surface area contributed by atoms with Crippen molar-refractivity contribution in [2.24, 2.45) is 5.41 Å². The fraction of sp³-hybridized carbons (Fsp3) is 0.524. The van der Waals surface area contributed by atoms with Gasteiger partial charge in [-0.1, -0.05) is 6.92 Å². The molecule has 4 rings (SSSR count). The smallest absolute Gasteiger partial charge is 0.451 e. The van der Waals surface area contributed by atoms with E-state index in [1.54, 1.807) is 6.92 Å². The number of oxazole rings is 1. The number of hydrogen-bond acceptors (Lipinski definition) is 6. The van der Waals surface area contributed by atoms with E-state index in [2.05, 4.69) is 4.98 Å². The fourth-order valence-corrected chi connectivity index (χ4v) is 5.16. The lowest BCUT2D eigenvalue weighted by molar-refractivity contribution is -0.189. The van der Waals surface area contributed by atoms with Crippen LogP contribution in [0.3, 0.4) is 0 Å². The summed E-state index contributed by atoms with van der Waals surface area (Å²) in [5.74, 6) is -2.61. The van der Waals surface area contributed by atoms with Gasteiger partial charge in [-0.2, -0.15) is 36.9 Å². The number of hydrogen-bond donors (Lipinski definition) is 2. The summed E-state index contributed by atoms with van der Waals surface area (Å²) in [6.45, 7) is 2.51. The average molecular weight is 528 g/mol. The molecule has 1 amide bonds. The van der Waals surface area contributed by atoms with Crippen molar-refractivity contribution in [3.8, 4) is 5.75 Å². The Kier molecular flexibility index (Phi) is 5.69. The number of benzene rings is 1. The van der Waals surface area contributed by atoms with Gasteiger partial charge in [0.1, 0.15) is 5.75 Å². The van der Waals surface area contributed by atoms with E-state index in [0.29, 0.717) is 12.6 Å². The number of carbonyl (C=O) groups excluding carboxylic acids is 1. The molecular formula is C21H22F6N2O5S. The molecule has 2 N–H and O–H groups in total. The third-order valence-corrected chi connectivity index (χ3v) is 7.74. The predicted molar refractivity (Wildman–Crippen MR) is 111 cm³/mol. The van der Waals surface area contributed by atoms with Crippen LogP contribution in [0.1, 0.15) is 42.3 Å². The van der Waals surface area contributed by atoms with Gasteiger partial charge in [0.25, 0.3) is 5.91 Å². The molecule has 1 aliphatic carbocycles. The highest BCUT2D eigenvalue weighted by atomic mass is 32.3. The van der Waals surface area contributed by atoms with Gasteiger partial charge in [-0.05, 0) is 31.5 Å². The lowest BCUT2D eigenvalue weighted by Crippen LogP contribution is -2.35. The molecule has 1 aromatic carbocycles. The van der Waals surface area contributed by atoms with Crippen LogP contribution in [0.25, 0.3) is 0 Å². The summed E-state index contributed by atoms with van der Waals surface area (Å²) in [6.07, 6.45) is -9.63. The Hall–Kier alpha value is -2.45. The summed E-state index contributed by atoms with van der Waals surface area (Å²) in [5.41, 5.74) is -1.95. The molecular weight excluding hydrogens is 506 g/mol. The van der Waals surface area contributed by atoms with E-state index in [0.717, 1.165) is 31.4 Å². The third kappa shape index (κ3) is 4.47. The lowest BCUT2D eigenvalue weighted by Gasteiger charge is -2.29. The SMILES string of the molecule is CC(Oc1ccc(S(C)(O)O)cc1C(=O)N1CC2(c3ncc(C(F)(F)F)o3)C[C@@]2(C)C1)C(F)(F)F. The van der Waals surface area contributed by atoms with E-state index < -0.39 is 57.3 Å². The van der Waals surface area contributed by atoms with E-state index in [9.17, 15) is 40.2 Å². The van der Waals surface area contributed by atoms with Crippen LogP contribution in [-0.2, 0) is 11.6 Å². The van der Waals surface area contributed by atoms with Gasteiger partial charge in [-0.3, -0.25) is 13.9 Å². The molecule has 14 heteroatoms. The highest BCUT2D eigenvalue weighted by Crippen LogP contribution is 2.68. The number of fused-ring (bicyclic) bond motifs is 1. The number of ether oxygens (including phenoxy) is 1. The Morgan fingerprint density at radius 2 is 1.89 bits per heavy atom. The first-order valence-electron chi connectivity index (χ1n) is 10.3. The molecule has 1 saturated heterocycles. The second-order valence-electron chi connectivity index (χ2n) is 9.30. The van der Waals surface area contributed by atoms with Crippen LogP contribution in [-0.4, -0.2) is 56.5 Å². The van der Waals surface area contributed by atoms with Crippen molar-refractivity contribution in [1.29, 1.82) is 0 Å². The molecule has 2 fully saturated rings. The molecule has 0 radical (unpaired) electrons. The van der Waals surface area contributed by atoms with Crippen molar-refractivity contribution < 1.29 is 49.4 Å². The van der Waals surface area contributed by atoms with Gasteiger partial charge in [-0.15, -0.1) is 0 Å². The second kappa shape index (κ2) is 7.77. The summed E-state index contributed by atoms with van der Waals surface area (Å²) in [6, 6.07) is 3.27. The van der Waals surface area contributed by atoms with Gasteiger partial charge < -0.3 is 14.1 Å². The van der Waals surface area contributed by atoms with Crippen LogP contribution in [0.4, 0.5) is 26.3 Å². The first-order valence-corrected chi connectivity index (χ1v) is 12.3. The molecule has 1 saturated carbocycles. The maximum absolute atomic E-state index is 13.4. The molecule has 2 heterocycles. The summed E-state index contributed by atoms with van der Waals surface area (Å²) in [5, 5.41) is 0. The topological polar surface area (TPSA) is 96.0 Å². The van der Waals surface area contributed by atoms with E-state index in [1.165, 1.54) is 4.90 Å². The predicted octanol–water partition coefficient (Wildman–Crippen LogP) is 5.57. The number of amides is 1. The number of carbonyl (C=O) groups is 1. The minimum atomic E-state index is -4.73. The van der Waals surface area contributed by atoms with Crippen molar-refractivity contribution in [1.82, 2.24) is 9.88 Å². The number of nitrogens with zero attached hydrogens (tertiary/aromatic N) is 2. The van der Waals surface area contributed by atoms with Crippen LogP contribution in [0.2, 0.25) is 0 Å². The van der Waals surface area contributed by atoms with Crippen LogP contribution >= 0.6 is 10.6 Å².